The predicted molar refractivity (Wildman–Crippen MR) is 102 cm³/mol. The van der Waals surface area contributed by atoms with Crippen LogP contribution in [-0.4, -0.2) is 66.1 Å². The van der Waals surface area contributed by atoms with Gasteiger partial charge in [0, 0.05) is 4.47 Å². The van der Waals surface area contributed by atoms with Crippen molar-refractivity contribution in [1.82, 2.24) is 14.2 Å². The second-order valence-corrected chi connectivity index (χ2v) is 9.69. The van der Waals surface area contributed by atoms with E-state index in [1.165, 1.54) is 30.3 Å². The Hall–Kier alpha value is -1.09. The number of nitrogens with one attached hydrogen (secondary N) is 1. The zero-order valence-corrected chi connectivity index (χ0v) is 17.9. The van der Waals surface area contributed by atoms with Crippen molar-refractivity contribution in [3.8, 4) is 0 Å². The Labute approximate surface area is 180 Å². The van der Waals surface area contributed by atoms with E-state index in [0.717, 1.165) is 16.2 Å². The number of halogens is 4. The van der Waals surface area contributed by atoms with Crippen molar-refractivity contribution in [3.05, 3.63) is 30.3 Å². The molecule has 2 fully saturated rings. The van der Waals surface area contributed by atoms with Crippen molar-refractivity contribution in [1.29, 1.82) is 0 Å². The smallest absolute Gasteiger partial charge is 0.341 e. The second-order valence-electron chi connectivity index (χ2n) is 6.57. The normalized spacial score (nSPS) is 24.3. The standard InChI is InChI=1S/C16H19ClF3N3O5S2/c17-22-11-29-10-15(22,27-12-6-8-21-9-7-12)23(28-14(24)16(18,19)20)30(25,26)13-4-2-1-3-5-13/h1-5,12,21H,6-11H2. The van der Waals surface area contributed by atoms with E-state index in [0.29, 0.717) is 25.9 Å². The summed E-state index contributed by atoms with van der Waals surface area (Å²) in [5.74, 6) is -4.98. The monoisotopic (exact) mass is 489 g/mol. The maximum Gasteiger partial charge on any atom is 0.492 e. The van der Waals surface area contributed by atoms with Crippen molar-refractivity contribution in [2.24, 2.45) is 0 Å². The number of hydrogen-bond donors (Lipinski definition) is 1. The summed E-state index contributed by atoms with van der Waals surface area (Å²) in [5.41, 5.74) is 0. The summed E-state index contributed by atoms with van der Waals surface area (Å²) in [5, 5.41) is 3.10. The van der Waals surface area contributed by atoms with Gasteiger partial charge in [0.2, 0.25) is 0 Å². The van der Waals surface area contributed by atoms with E-state index in [9.17, 15) is 26.4 Å². The summed E-state index contributed by atoms with van der Waals surface area (Å²) in [7, 11) is -4.77. The van der Waals surface area contributed by atoms with Crippen LogP contribution in [0.25, 0.3) is 0 Å². The van der Waals surface area contributed by atoms with E-state index in [-0.39, 0.29) is 21.0 Å². The Bertz CT molecular complexity index is 855. The first-order valence-electron chi connectivity index (χ1n) is 8.87. The van der Waals surface area contributed by atoms with Crippen LogP contribution in [-0.2, 0) is 24.4 Å². The first-order chi connectivity index (χ1) is 14.1. The molecule has 1 N–H and O–H groups in total. The number of carbonyl (C=O) groups is 1. The number of hydroxylamine groups is 1. The molecule has 30 heavy (non-hydrogen) atoms. The van der Waals surface area contributed by atoms with Crippen molar-refractivity contribution < 1.29 is 36.0 Å². The van der Waals surface area contributed by atoms with E-state index in [2.05, 4.69) is 10.2 Å². The average Bonchev–Trinajstić information content (AvgIpc) is 3.07. The Morgan fingerprint density at radius 2 is 1.90 bits per heavy atom. The van der Waals surface area contributed by atoms with E-state index in [1.54, 1.807) is 0 Å². The highest BCUT2D eigenvalue weighted by Gasteiger charge is 2.59. The molecule has 0 spiro atoms. The Morgan fingerprint density at radius 3 is 2.43 bits per heavy atom. The van der Waals surface area contributed by atoms with Gasteiger partial charge in [0.05, 0.1) is 22.6 Å². The first-order valence-corrected chi connectivity index (χ1v) is 11.8. The summed E-state index contributed by atoms with van der Waals surface area (Å²) in [6.45, 7) is 1.15. The molecule has 8 nitrogen and oxygen atoms in total. The molecule has 1 aromatic carbocycles. The van der Waals surface area contributed by atoms with Crippen LogP contribution in [0.1, 0.15) is 12.8 Å². The van der Waals surface area contributed by atoms with Gasteiger partial charge in [0.25, 0.3) is 15.9 Å². The van der Waals surface area contributed by atoms with Gasteiger partial charge in [-0.2, -0.15) is 17.6 Å². The van der Waals surface area contributed by atoms with Crippen molar-refractivity contribution in [2.45, 2.75) is 35.9 Å². The van der Waals surface area contributed by atoms with Gasteiger partial charge in [0.1, 0.15) is 0 Å². The van der Waals surface area contributed by atoms with E-state index in [4.69, 9.17) is 16.5 Å². The molecule has 2 aliphatic rings. The van der Waals surface area contributed by atoms with Gasteiger partial charge >= 0.3 is 12.1 Å². The number of ether oxygens (including phenoxy) is 1. The Balaban J connectivity index is 2.06. The van der Waals surface area contributed by atoms with Crippen LogP contribution in [0, 0.1) is 0 Å². The molecule has 2 aliphatic heterocycles. The molecular weight excluding hydrogens is 471 g/mol. The quantitative estimate of drug-likeness (QED) is 0.370. The lowest BCUT2D eigenvalue weighted by Crippen LogP contribution is -2.62. The average molecular weight is 490 g/mol. The number of piperidine rings is 1. The van der Waals surface area contributed by atoms with Crippen LogP contribution in [0.3, 0.4) is 0 Å². The minimum atomic E-state index is -5.43. The lowest BCUT2D eigenvalue weighted by molar-refractivity contribution is -0.301. The van der Waals surface area contributed by atoms with Gasteiger partial charge in [-0.3, -0.25) is 0 Å². The summed E-state index contributed by atoms with van der Waals surface area (Å²) >= 11 is 7.36. The molecule has 2 saturated heterocycles. The molecule has 168 valence electrons. The topological polar surface area (TPSA) is 88.2 Å². The van der Waals surface area contributed by atoms with Crippen LogP contribution in [0.4, 0.5) is 13.2 Å². The molecule has 0 amide bonds. The molecule has 0 bridgehead atoms. The molecule has 1 unspecified atom stereocenters. The fourth-order valence-electron chi connectivity index (χ4n) is 3.01. The SMILES string of the molecule is O=C(ON(C1(OC2CCNCC2)CSCN1Cl)S(=O)(=O)c1ccccc1)C(F)(F)F. The third kappa shape index (κ3) is 4.87. The number of sulfonamides is 1. The number of thioether (sulfide) groups is 1. The fourth-order valence-corrected chi connectivity index (χ4v) is 6.08. The number of rotatable bonds is 6. The number of benzene rings is 1. The van der Waals surface area contributed by atoms with E-state index >= 15 is 0 Å². The zero-order chi connectivity index (χ0) is 22.0. The Kier molecular flexibility index (Phi) is 7.22. The number of alkyl halides is 3. The third-order valence-electron chi connectivity index (χ3n) is 4.46. The van der Waals surface area contributed by atoms with Crippen molar-refractivity contribution in [2.75, 3.05) is 24.7 Å². The van der Waals surface area contributed by atoms with Crippen LogP contribution >= 0.6 is 23.5 Å². The van der Waals surface area contributed by atoms with Crippen molar-refractivity contribution >= 4 is 39.5 Å². The summed E-state index contributed by atoms with van der Waals surface area (Å²) in [4.78, 5) is 15.7. The first kappa shape index (κ1) is 23.6. The molecule has 3 rings (SSSR count). The van der Waals surface area contributed by atoms with E-state index < -0.39 is 34.1 Å². The summed E-state index contributed by atoms with van der Waals surface area (Å²) in [6, 6.07) is 6.65. The van der Waals surface area contributed by atoms with Crippen molar-refractivity contribution in [3.63, 3.8) is 0 Å². The highest BCUT2D eigenvalue weighted by molar-refractivity contribution is 7.99. The van der Waals surface area contributed by atoms with Gasteiger partial charge in [-0.1, -0.05) is 18.2 Å². The lowest BCUT2D eigenvalue weighted by Gasteiger charge is -2.42. The Morgan fingerprint density at radius 1 is 1.27 bits per heavy atom. The van der Waals surface area contributed by atoms with Gasteiger partial charge in [-0.15, -0.1) is 11.8 Å². The van der Waals surface area contributed by atoms with E-state index in [1.807, 2.05) is 0 Å². The maximum absolute atomic E-state index is 13.3. The van der Waals surface area contributed by atoms with Crippen LogP contribution < -0.4 is 5.32 Å². The van der Waals surface area contributed by atoms with Gasteiger partial charge in [-0.05, 0) is 49.8 Å². The molecular formula is C16H19ClF3N3O5S2. The number of nitrogens with zero attached hydrogens (tertiary/aromatic N) is 2. The molecule has 2 heterocycles. The molecule has 0 aromatic heterocycles. The number of hydrogen-bond acceptors (Lipinski definition) is 8. The number of carbonyl (C=O) groups excluding carboxylic acids is 1. The zero-order valence-electron chi connectivity index (χ0n) is 15.5. The predicted octanol–water partition coefficient (Wildman–Crippen LogP) is 2.28. The molecule has 1 aromatic rings. The van der Waals surface area contributed by atoms with Crippen LogP contribution in [0.15, 0.2) is 35.2 Å². The summed E-state index contributed by atoms with van der Waals surface area (Å²) in [6.07, 6.45) is -4.99. The minimum Gasteiger partial charge on any atom is -0.341 e. The molecule has 0 radical (unpaired) electrons. The summed E-state index contributed by atoms with van der Waals surface area (Å²) < 4.78 is 72.3. The third-order valence-corrected chi connectivity index (χ3v) is 7.67. The lowest BCUT2D eigenvalue weighted by atomic mass is 10.1. The van der Waals surface area contributed by atoms with Crippen LogP contribution in [0.2, 0.25) is 0 Å². The molecule has 0 aliphatic carbocycles. The van der Waals surface area contributed by atoms with Gasteiger partial charge in [-0.25, -0.2) is 13.2 Å². The highest BCUT2D eigenvalue weighted by atomic mass is 35.5. The van der Waals surface area contributed by atoms with Crippen LogP contribution in [0.5, 0.6) is 0 Å². The second kappa shape index (κ2) is 9.18. The fraction of sp³-hybridized carbons (Fsp3) is 0.562. The van der Waals surface area contributed by atoms with Gasteiger partial charge in [0.15, 0.2) is 0 Å². The molecule has 1 atom stereocenters. The minimum absolute atomic E-state index is 0.0386. The highest BCUT2D eigenvalue weighted by Crippen LogP contribution is 2.42. The molecule has 0 saturated carbocycles. The largest absolute Gasteiger partial charge is 0.492 e. The maximum atomic E-state index is 13.3. The molecule has 14 heteroatoms. The van der Waals surface area contributed by atoms with Gasteiger partial charge < -0.3 is 14.9 Å².